The number of nitrogens with one attached hydrogen (secondary N) is 1. The number of hydrogen-bond donors (Lipinski definition) is 1. The average molecular weight is 346 g/mol. The molecule has 0 atom stereocenters. The van der Waals surface area contributed by atoms with Gasteiger partial charge in [-0.15, -0.1) is 0 Å². The van der Waals surface area contributed by atoms with Crippen LogP contribution in [0, 0.1) is 0 Å². The van der Waals surface area contributed by atoms with Crippen LogP contribution in [0.4, 0.5) is 0 Å². The van der Waals surface area contributed by atoms with Crippen molar-refractivity contribution in [3.05, 3.63) is 67.0 Å². The molecule has 0 saturated heterocycles. The van der Waals surface area contributed by atoms with Gasteiger partial charge in [-0.2, -0.15) is 5.10 Å². The predicted molar refractivity (Wildman–Crippen MR) is 98.0 cm³/mol. The fourth-order valence-corrected chi connectivity index (χ4v) is 2.86. The number of fused-ring (bicyclic) bond motifs is 1. The van der Waals surface area contributed by atoms with Gasteiger partial charge in [0.05, 0.1) is 23.6 Å². The molecule has 0 unspecified atom stereocenters. The Hall–Kier alpha value is -3.48. The van der Waals surface area contributed by atoms with E-state index in [1.807, 2.05) is 48.1 Å². The fraction of sp³-hybridized carbons (Fsp3) is 0.158. The van der Waals surface area contributed by atoms with Crippen LogP contribution in [0.15, 0.2) is 61.4 Å². The Morgan fingerprint density at radius 2 is 2.04 bits per heavy atom. The Morgan fingerprint density at radius 3 is 2.88 bits per heavy atom. The van der Waals surface area contributed by atoms with E-state index >= 15 is 0 Å². The minimum absolute atomic E-state index is 0.0695. The van der Waals surface area contributed by atoms with E-state index in [1.54, 1.807) is 29.6 Å². The monoisotopic (exact) mass is 346 g/mol. The Kier molecular flexibility index (Phi) is 4.18. The molecule has 4 aromatic rings. The van der Waals surface area contributed by atoms with Crippen LogP contribution in [0.25, 0.3) is 22.2 Å². The molecule has 0 saturated carbocycles. The Bertz CT molecular complexity index is 1060. The van der Waals surface area contributed by atoms with Gasteiger partial charge in [0.2, 0.25) is 5.91 Å². The third-order valence-electron chi connectivity index (χ3n) is 4.16. The number of pyridine rings is 1. The highest BCUT2D eigenvalue weighted by molar-refractivity contribution is 5.80. The number of hydrogen-bond acceptors (Lipinski definition) is 4. The maximum absolute atomic E-state index is 12.3. The lowest BCUT2D eigenvalue weighted by molar-refractivity contribution is -0.121. The molecule has 0 aliphatic carbocycles. The van der Waals surface area contributed by atoms with Crippen LogP contribution in [0.3, 0.4) is 0 Å². The number of aromatic nitrogens is 5. The molecule has 4 rings (SSSR count). The molecule has 1 aromatic carbocycles. The zero-order chi connectivity index (χ0) is 17.9. The van der Waals surface area contributed by atoms with Crippen molar-refractivity contribution >= 4 is 16.9 Å². The molecule has 3 heterocycles. The molecule has 0 spiro atoms. The van der Waals surface area contributed by atoms with Gasteiger partial charge in [0.15, 0.2) is 0 Å². The summed E-state index contributed by atoms with van der Waals surface area (Å²) in [7, 11) is 1.88. The van der Waals surface area contributed by atoms with Gasteiger partial charge in [-0.3, -0.25) is 14.5 Å². The largest absolute Gasteiger partial charge is 0.350 e. The third-order valence-corrected chi connectivity index (χ3v) is 4.16. The van der Waals surface area contributed by atoms with Gasteiger partial charge in [0.1, 0.15) is 6.54 Å². The van der Waals surface area contributed by atoms with Crippen LogP contribution >= 0.6 is 0 Å². The van der Waals surface area contributed by atoms with Crippen LogP contribution < -0.4 is 5.32 Å². The van der Waals surface area contributed by atoms with E-state index in [1.165, 1.54) is 0 Å². The second kappa shape index (κ2) is 6.79. The predicted octanol–water partition coefficient (Wildman–Crippen LogP) is 2.15. The lowest BCUT2D eigenvalue weighted by Gasteiger charge is -2.07. The summed E-state index contributed by atoms with van der Waals surface area (Å²) in [6.07, 6.45) is 8.97. The van der Waals surface area contributed by atoms with Gasteiger partial charge in [0.25, 0.3) is 0 Å². The Balaban J connectivity index is 1.41. The summed E-state index contributed by atoms with van der Waals surface area (Å²) in [5.41, 5.74) is 4.75. The molecule has 7 nitrogen and oxygen atoms in total. The summed E-state index contributed by atoms with van der Waals surface area (Å²) in [6.45, 7) is 0.656. The van der Waals surface area contributed by atoms with Crippen molar-refractivity contribution in [3.63, 3.8) is 0 Å². The summed E-state index contributed by atoms with van der Waals surface area (Å²) in [5, 5.41) is 7.11. The first-order valence-corrected chi connectivity index (χ1v) is 8.28. The Labute approximate surface area is 150 Å². The van der Waals surface area contributed by atoms with Gasteiger partial charge < -0.3 is 9.88 Å². The van der Waals surface area contributed by atoms with E-state index in [2.05, 4.69) is 20.4 Å². The van der Waals surface area contributed by atoms with Crippen molar-refractivity contribution in [2.24, 2.45) is 7.05 Å². The quantitative estimate of drug-likeness (QED) is 0.601. The van der Waals surface area contributed by atoms with Crippen molar-refractivity contribution in [3.8, 4) is 11.1 Å². The first-order valence-electron chi connectivity index (χ1n) is 8.28. The van der Waals surface area contributed by atoms with E-state index in [0.717, 1.165) is 27.7 Å². The number of nitrogens with zero attached hydrogens (tertiary/aromatic N) is 5. The lowest BCUT2D eigenvalue weighted by Crippen LogP contribution is -2.26. The molecule has 0 bridgehead atoms. The number of benzene rings is 1. The summed E-state index contributed by atoms with van der Waals surface area (Å²) >= 11 is 0. The second-order valence-electron chi connectivity index (χ2n) is 6.12. The van der Waals surface area contributed by atoms with Gasteiger partial charge in [0, 0.05) is 43.3 Å². The van der Waals surface area contributed by atoms with Gasteiger partial charge in [-0.1, -0.05) is 12.1 Å². The van der Waals surface area contributed by atoms with Gasteiger partial charge in [-0.05, 0) is 23.8 Å². The number of imidazole rings is 1. The fourth-order valence-electron chi connectivity index (χ4n) is 2.86. The van der Waals surface area contributed by atoms with Gasteiger partial charge >= 0.3 is 0 Å². The van der Waals surface area contributed by atoms with Gasteiger partial charge in [-0.25, -0.2) is 4.98 Å². The molecular formula is C19H18N6O. The normalized spacial score (nSPS) is 11.0. The first-order chi connectivity index (χ1) is 12.7. The minimum atomic E-state index is -0.0695. The van der Waals surface area contributed by atoms with Crippen LogP contribution in [0.1, 0.15) is 5.56 Å². The highest BCUT2D eigenvalue weighted by Crippen LogP contribution is 2.18. The van der Waals surface area contributed by atoms with Crippen LogP contribution in [0.5, 0.6) is 0 Å². The van der Waals surface area contributed by atoms with E-state index in [0.29, 0.717) is 6.54 Å². The SMILES string of the molecule is Cn1cc(-c2cncc(CNC(=O)Cn3cnc4ccccc43)c2)cn1. The first kappa shape index (κ1) is 16.0. The zero-order valence-electron chi connectivity index (χ0n) is 14.3. The highest BCUT2D eigenvalue weighted by atomic mass is 16.1. The van der Waals surface area contributed by atoms with Crippen molar-refractivity contribution in [2.45, 2.75) is 13.1 Å². The maximum Gasteiger partial charge on any atom is 0.240 e. The van der Waals surface area contributed by atoms with Crippen LogP contribution in [-0.2, 0) is 24.9 Å². The molecule has 130 valence electrons. The molecule has 0 radical (unpaired) electrons. The van der Waals surface area contributed by atoms with E-state index in [9.17, 15) is 4.79 Å². The summed E-state index contributed by atoms with van der Waals surface area (Å²) in [5.74, 6) is -0.0695. The highest BCUT2D eigenvalue weighted by Gasteiger charge is 2.08. The molecule has 0 aliphatic heterocycles. The number of rotatable bonds is 5. The smallest absolute Gasteiger partial charge is 0.240 e. The number of aryl methyl sites for hydroxylation is 1. The molecule has 7 heteroatoms. The van der Waals surface area contributed by atoms with E-state index in [-0.39, 0.29) is 12.5 Å². The van der Waals surface area contributed by atoms with Crippen molar-refractivity contribution in [1.82, 2.24) is 29.6 Å². The Morgan fingerprint density at radius 1 is 1.15 bits per heavy atom. The zero-order valence-corrected chi connectivity index (χ0v) is 14.3. The molecule has 1 N–H and O–H groups in total. The lowest BCUT2D eigenvalue weighted by atomic mass is 10.1. The van der Waals surface area contributed by atoms with Crippen molar-refractivity contribution in [1.29, 1.82) is 0 Å². The topological polar surface area (TPSA) is 77.6 Å². The number of carbonyl (C=O) groups is 1. The molecule has 26 heavy (non-hydrogen) atoms. The minimum Gasteiger partial charge on any atom is -0.350 e. The third kappa shape index (κ3) is 3.32. The molecule has 0 aliphatic rings. The standard InChI is InChI=1S/C19H18N6O/c1-24-11-16(10-23-24)15-6-14(7-20-9-15)8-21-19(26)12-25-13-22-17-4-2-3-5-18(17)25/h2-7,9-11,13H,8,12H2,1H3,(H,21,26). The molecule has 3 aromatic heterocycles. The van der Waals surface area contributed by atoms with E-state index in [4.69, 9.17) is 0 Å². The average Bonchev–Trinajstić information content (AvgIpc) is 3.27. The molecule has 1 amide bonds. The second-order valence-corrected chi connectivity index (χ2v) is 6.12. The van der Waals surface area contributed by atoms with Crippen LogP contribution in [0.2, 0.25) is 0 Å². The van der Waals surface area contributed by atoms with E-state index < -0.39 is 0 Å². The number of carbonyl (C=O) groups excluding carboxylic acids is 1. The van der Waals surface area contributed by atoms with Crippen molar-refractivity contribution in [2.75, 3.05) is 0 Å². The summed E-state index contributed by atoms with van der Waals surface area (Å²) < 4.78 is 3.59. The summed E-state index contributed by atoms with van der Waals surface area (Å²) in [6, 6.07) is 9.77. The summed E-state index contributed by atoms with van der Waals surface area (Å²) in [4.78, 5) is 20.9. The number of amides is 1. The molecular weight excluding hydrogens is 328 g/mol. The number of para-hydroxylation sites is 2. The van der Waals surface area contributed by atoms with Crippen molar-refractivity contribution < 1.29 is 4.79 Å². The van der Waals surface area contributed by atoms with Crippen LogP contribution in [-0.4, -0.2) is 30.2 Å². The maximum atomic E-state index is 12.3. The molecule has 0 fully saturated rings.